The van der Waals surface area contributed by atoms with E-state index in [0.29, 0.717) is 11.1 Å². The molecule has 3 aromatic rings. The van der Waals surface area contributed by atoms with Gasteiger partial charge in [-0.25, -0.2) is 0 Å². The third kappa shape index (κ3) is 4.93. The van der Waals surface area contributed by atoms with Gasteiger partial charge in [-0.2, -0.15) is 0 Å². The molecule has 1 atom stereocenters. The Kier molecular flexibility index (Phi) is 6.17. The van der Waals surface area contributed by atoms with Crippen molar-refractivity contribution >= 4 is 5.91 Å². The molecule has 2 aromatic carbocycles. The molecule has 0 radical (unpaired) electrons. The molecule has 1 amide bonds. The van der Waals surface area contributed by atoms with Crippen LogP contribution in [-0.4, -0.2) is 10.9 Å². The van der Waals surface area contributed by atoms with Crippen LogP contribution in [0.25, 0.3) is 0 Å². The average Bonchev–Trinajstić information content (AvgIpc) is 2.67. The van der Waals surface area contributed by atoms with Crippen molar-refractivity contribution in [2.75, 3.05) is 0 Å². The van der Waals surface area contributed by atoms with E-state index in [1.165, 1.54) is 0 Å². The summed E-state index contributed by atoms with van der Waals surface area (Å²) in [6.07, 6.45) is -0.137. The Morgan fingerprint density at radius 1 is 1.03 bits per heavy atom. The first-order valence-electron chi connectivity index (χ1n) is 9.65. The van der Waals surface area contributed by atoms with Crippen molar-refractivity contribution in [3.63, 3.8) is 0 Å². The Hall–Kier alpha value is -3.34. The predicted molar refractivity (Wildman–Crippen MR) is 114 cm³/mol. The van der Waals surface area contributed by atoms with Crippen LogP contribution in [-0.2, 0) is 6.54 Å². The largest absolute Gasteiger partial charge is 0.486 e. The molecule has 0 saturated heterocycles. The van der Waals surface area contributed by atoms with Crippen LogP contribution in [0.1, 0.15) is 51.3 Å². The maximum atomic E-state index is 12.6. The van der Waals surface area contributed by atoms with Crippen LogP contribution in [0.15, 0.2) is 59.4 Å². The minimum atomic E-state index is -0.204. The standard InChI is InChI=1S/C24H26N2O3/c1-15-12-17(3)26-24(28)22(15)14-25-23(27)21-11-10-19(13-16(21)2)18(4)29-20-8-6-5-7-9-20/h5-13,18H,14H2,1-4H3,(H,25,27)(H,26,28)/t18-/m1/s1. The number of pyridine rings is 1. The molecule has 1 heterocycles. The summed E-state index contributed by atoms with van der Waals surface area (Å²) in [7, 11) is 0. The van der Waals surface area contributed by atoms with E-state index in [2.05, 4.69) is 10.3 Å². The van der Waals surface area contributed by atoms with E-state index in [0.717, 1.165) is 28.1 Å². The highest BCUT2D eigenvalue weighted by Crippen LogP contribution is 2.23. The number of H-pyrrole nitrogens is 1. The van der Waals surface area contributed by atoms with E-state index in [-0.39, 0.29) is 24.1 Å². The van der Waals surface area contributed by atoms with Gasteiger partial charge in [0.2, 0.25) is 0 Å². The molecule has 5 heteroatoms. The first-order chi connectivity index (χ1) is 13.8. The van der Waals surface area contributed by atoms with Gasteiger partial charge in [-0.15, -0.1) is 0 Å². The first kappa shape index (κ1) is 20.4. The average molecular weight is 390 g/mol. The maximum Gasteiger partial charge on any atom is 0.253 e. The second-order valence-electron chi connectivity index (χ2n) is 7.27. The van der Waals surface area contributed by atoms with Gasteiger partial charge in [0.25, 0.3) is 11.5 Å². The van der Waals surface area contributed by atoms with E-state index >= 15 is 0 Å². The number of ether oxygens (including phenoxy) is 1. The monoisotopic (exact) mass is 390 g/mol. The summed E-state index contributed by atoms with van der Waals surface area (Å²) < 4.78 is 5.96. The van der Waals surface area contributed by atoms with Gasteiger partial charge in [-0.05, 0) is 68.7 Å². The summed E-state index contributed by atoms with van der Waals surface area (Å²) in [4.78, 5) is 27.5. The lowest BCUT2D eigenvalue weighted by Gasteiger charge is -2.17. The fourth-order valence-corrected chi connectivity index (χ4v) is 3.33. The molecule has 150 valence electrons. The molecule has 0 aliphatic carbocycles. The van der Waals surface area contributed by atoms with Crippen molar-refractivity contribution in [2.24, 2.45) is 0 Å². The zero-order chi connectivity index (χ0) is 21.0. The Morgan fingerprint density at radius 2 is 1.76 bits per heavy atom. The Morgan fingerprint density at radius 3 is 2.41 bits per heavy atom. The van der Waals surface area contributed by atoms with E-state index in [9.17, 15) is 9.59 Å². The summed E-state index contributed by atoms with van der Waals surface area (Å²) in [6.45, 7) is 7.78. The van der Waals surface area contributed by atoms with Gasteiger partial charge < -0.3 is 15.0 Å². The quantitative estimate of drug-likeness (QED) is 0.656. The van der Waals surface area contributed by atoms with E-state index in [1.807, 2.05) is 76.2 Å². The molecule has 0 spiro atoms. The number of rotatable bonds is 6. The highest BCUT2D eigenvalue weighted by atomic mass is 16.5. The first-order valence-corrected chi connectivity index (χ1v) is 9.65. The highest BCUT2D eigenvalue weighted by Gasteiger charge is 2.14. The summed E-state index contributed by atoms with van der Waals surface area (Å²) >= 11 is 0. The Bertz CT molecular complexity index is 1070. The molecule has 0 fully saturated rings. The molecule has 0 saturated carbocycles. The number of amides is 1. The van der Waals surface area contributed by atoms with Gasteiger partial charge in [0.15, 0.2) is 0 Å². The lowest BCUT2D eigenvalue weighted by molar-refractivity contribution is 0.0950. The maximum absolute atomic E-state index is 12.6. The van der Waals surface area contributed by atoms with Crippen LogP contribution in [0.4, 0.5) is 0 Å². The van der Waals surface area contributed by atoms with Crippen molar-refractivity contribution in [1.29, 1.82) is 0 Å². The fourth-order valence-electron chi connectivity index (χ4n) is 3.33. The Labute approximate surface area is 170 Å². The molecule has 0 unspecified atom stereocenters. The number of hydrogen-bond acceptors (Lipinski definition) is 3. The van der Waals surface area contributed by atoms with Crippen LogP contribution in [0.5, 0.6) is 5.75 Å². The fraction of sp³-hybridized carbons (Fsp3) is 0.250. The van der Waals surface area contributed by atoms with Crippen LogP contribution in [0, 0.1) is 20.8 Å². The van der Waals surface area contributed by atoms with Crippen molar-refractivity contribution in [3.8, 4) is 5.75 Å². The van der Waals surface area contributed by atoms with Gasteiger partial charge in [0.05, 0.1) is 0 Å². The zero-order valence-corrected chi connectivity index (χ0v) is 17.2. The third-order valence-electron chi connectivity index (χ3n) is 4.94. The van der Waals surface area contributed by atoms with Crippen molar-refractivity contribution in [3.05, 3.63) is 98.5 Å². The minimum Gasteiger partial charge on any atom is -0.486 e. The molecular weight excluding hydrogens is 364 g/mol. The zero-order valence-electron chi connectivity index (χ0n) is 17.2. The summed E-state index contributed by atoms with van der Waals surface area (Å²) in [6, 6.07) is 17.2. The van der Waals surface area contributed by atoms with Gasteiger partial charge in [-0.3, -0.25) is 9.59 Å². The normalized spacial score (nSPS) is 11.7. The molecule has 1 aromatic heterocycles. The van der Waals surface area contributed by atoms with Crippen LogP contribution in [0.3, 0.4) is 0 Å². The van der Waals surface area contributed by atoms with Crippen LogP contribution >= 0.6 is 0 Å². The number of benzene rings is 2. The second-order valence-corrected chi connectivity index (χ2v) is 7.27. The van der Waals surface area contributed by atoms with Crippen molar-refractivity contribution in [2.45, 2.75) is 40.3 Å². The van der Waals surface area contributed by atoms with Gasteiger partial charge >= 0.3 is 0 Å². The molecule has 0 bridgehead atoms. The second kappa shape index (κ2) is 8.78. The van der Waals surface area contributed by atoms with Crippen LogP contribution < -0.4 is 15.6 Å². The van der Waals surface area contributed by atoms with Crippen molar-refractivity contribution in [1.82, 2.24) is 10.3 Å². The number of para-hydroxylation sites is 1. The molecule has 0 aliphatic heterocycles. The topological polar surface area (TPSA) is 71.2 Å². The summed E-state index contributed by atoms with van der Waals surface area (Å²) in [5, 5.41) is 2.86. The lowest BCUT2D eigenvalue weighted by atomic mass is 10.0. The predicted octanol–water partition coefficient (Wildman–Crippen LogP) is 4.37. The SMILES string of the molecule is Cc1cc(C)c(CNC(=O)c2ccc([C@@H](C)Oc3ccccc3)cc2C)c(=O)[nH]1. The van der Waals surface area contributed by atoms with Crippen molar-refractivity contribution < 1.29 is 9.53 Å². The van der Waals surface area contributed by atoms with Gasteiger partial charge in [0.1, 0.15) is 11.9 Å². The molecule has 3 rings (SSSR count). The number of hydrogen-bond donors (Lipinski definition) is 2. The number of aromatic amines is 1. The number of aryl methyl sites for hydroxylation is 3. The van der Waals surface area contributed by atoms with Gasteiger partial charge in [0, 0.05) is 23.4 Å². The lowest BCUT2D eigenvalue weighted by Crippen LogP contribution is -2.28. The number of nitrogens with one attached hydrogen (secondary N) is 2. The van der Waals surface area contributed by atoms with E-state index in [1.54, 1.807) is 6.07 Å². The molecular formula is C24H26N2O3. The molecule has 5 nitrogen and oxygen atoms in total. The van der Waals surface area contributed by atoms with E-state index in [4.69, 9.17) is 4.74 Å². The summed E-state index contributed by atoms with van der Waals surface area (Å²) in [5.41, 5.74) is 4.52. The third-order valence-corrected chi connectivity index (χ3v) is 4.94. The molecule has 0 aliphatic rings. The minimum absolute atomic E-state index is 0.137. The molecule has 2 N–H and O–H groups in total. The Balaban J connectivity index is 1.70. The van der Waals surface area contributed by atoms with Crippen LogP contribution in [0.2, 0.25) is 0 Å². The van der Waals surface area contributed by atoms with E-state index < -0.39 is 0 Å². The number of carbonyl (C=O) groups is 1. The number of carbonyl (C=O) groups excluding carboxylic acids is 1. The highest BCUT2D eigenvalue weighted by molar-refractivity contribution is 5.95. The smallest absolute Gasteiger partial charge is 0.253 e. The summed E-state index contributed by atoms with van der Waals surface area (Å²) in [5.74, 6) is 0.600. The molecule has 29 heavy (non-hydrogen) atoms. The van der Waals surface area contributed by atoms with Gasteiger partial charge in [-0.1, -0.05) is 30.3 Å². The number of aromatic nitrogens is 1.